The molecule has 0 unspecified atom stereocenters. The second kappa shape index (κ2) is 8.50. The maximum atomic E-state index is 13.7. The van der Waals surface area contributed by atoms with Gasteiger partial charge in [0.05, 0.1) is 36.9 Å². The Balaban J connectivity index is 1.51. The largest absolute Gasteiger partial charge is 0.327 e. The van der Waals surface area contributed by atoms with E-state index in [4.69, 9.17) is 11.6 Å². The minimum absolute atomic E-state index is 0.113. The Labute approximate surface area is 162 Å². The zero-order chi connectivity index (χ0) is 19.4. The SMILES string of the molecule is Cc1ccc(C(=O)N2CC[NH+](CC(=O)Nc3ccccc3Cl)CC2)cc1F. The molecule has 7 heteroatoms. The van der Waals surface area contributed by atoms with Crippen LogP contribution in [0.25, 0.3) is 0 Å². The highest BCUT2D eigenvalue weighted by Crippen LogP contribution is 2.20. The molecule has 0 atom stereocenters. The van der Waals surface area contributed by atoms with E-state index in [1.807, 2.05) is 6.07 Å². The van der Waals surface area contributed by atoms with Crippen molar-refractivity contribution in [2.75, 3.05) is 38.0 Å². The maximum Gasteiger partial charge on any atom is 0.279 e. The lowest BCUT2D eigenvalue weighted by atomic mass is 10.1. The molecule has 142 valence electrons. The molecule has 1 fully saturated rings. The Morgan fingerprint density at radius 3 is 2.56 bits per heavy atom. The fraction of sp³-hybridized carbons (Fsp3) is 0.300. The van der Waals surface area contributed by atoms with Crippen LogP contribution < -0.4 is 10.2 Å². The van der Waals surface area contributed by atoms with Gasteiger partial charge in [0, 0.05) is 5.56 Å². The molecular weight excluding hydrogens is 369 g/mol. The molecule has 1 saturated heterocycles. The van der Waals surface area contributed by atoms with Gasteiger partial charge in [-0.25, -0.2) is 4.39 Å². The summed E-state index contributed by atoms with van der Waals surface area (Å²) in [6.45, 7) is 4.37. The molecule has 3 rings (SSSR count). The molecule has 2 N–H and O–H groups in total. The van der Waals surface area contributed by atoms with E-state index in [9.17, 15) is 14.0 Å². The monoisotopic (exact) mass is 390 g/mol. The fourth-order valence-electron chi connectivity index (χ4n) is 3.10. The highest BCUT2D eigenvalue weighted by atomic mass is 35.5. The Morgan fingerprint density at radius 2 is 1.89 bits per heavy atom. The third-order valence-corrected chi connectivity index (χ3v) is 5.06. The lowest BCUT2D eigenvalue weighted by molar-refractivity contribution is -0.895. The lowest BCUT2D eigenvalue weighted by Gasteiger charge is -2.32. The number of carbonyl (C=O) groups is 2. The summed E-state index contributed by atoms with van der Waals surface area (Å²) in [5, 5.41) is 3.32. The van der Waals surface area contributed by atoms with E-state index >= 15 is 0 Å². The molecule has 2 aromatic carbocycles. The van der Waals surface area contributed by atoms with Crippen molar-refractivity contribution in [2.24, 2.45) is 0 Å². The van der Waals surface area contributed by atoms with Gasteiger partial charge < -0.3 is 15.1 Å². The number of hydrogen-bond acceptors (Lipinski definition) is 2. The first-order chi connectivity index (χ1) is 12.9. The highest BCUT2D eigenvalue weighted by molar-refractivity contribution is 6.33. The number of anilines is 1. The number of aryl methyl sites for hydroxylation is 1. The summed E-state index contributed by atoms with van der Waals surface area (Å²) in [7, 11) is 0. The van der Waals surface area contributed by atoms with Gasteiger partial charge in [-0.05, 0) is 36.8 Å². The Kier molecular flexibility index (Phi) is 6.08. The van der Waals surface area contributed by atoms with Crippen molar-refractivity contribution in [3.05, 3.63) is 64.4 Å². The van der Waals surface area contributed by atoms with Gasteiger partial charge in [-0.3, -0.25) is 9.59 Å². The van der Waals surface area contributed by atoms with Gasteiger partial charge in [-0.15, -0.1) is 0 Å². The van der Waals surface area contributed by atoms with Crippen LogP contribution in [0.2, 0.25) is 5.02 Å². The predicted octanol–water partition coefficient (Wildman–Crippen LogP) is 1.77. The van der Waals surface area contributed by atoms with Gasteiger partial charge in [0.25, 0.3) is 11.8 Å². The number of hydrogen-bond donors (Lipinski definition) is 2. The summed E-state index contributed by atoms with van der Waals surface area (Å²) in [5.41, 5.74) is 1.47. The molecule has 2 aromatic rings. The lowest BCUT2D eigenvalue weighted by Crippen LogP contribution is -3.15. The average molecular weight is 391 g/mol. The summed E-state index contributed by atoms with van der Waals surface area (Å²) in [6, 6.07) is 11.6. The quantitative estimate of drug-likeness (QED) is 0.836. The standard InChI is InChI=1S/C20H21ClFN3O2/c1-14-6-7-15(12-17(14)22)20(27)25-10-8-24(9-11-25)13-19(26)23-18-5-3-2-4-16(18)21/h2-7,12H,8-11,13H2,1H3,(H,23,26)/p+1. The first kappa shape index (κ1) is 19.3. The fourth-order valence-corrected chi connectivity index (χ4v) is 3.28. The van der Waals surface area contributed by atoms with Crippen LogP contribution in [-0.4, -0.2) is 49.4 Å². The van der Waals surface area contributed by atoms with Crippen molar-refractivity contribution < 1.29 is 18.9 Å². The van der Waals surface area contributed by atoms with E-state index in [2.05, 4.69) is 5.32 Å². The molecule has 1 aliphatic heterocycles. The number of amides is 2. The van der Waals surface area contributed by atoms with Gasteiger partial charge in [0.15, 0.2) is 6.54 Å². The highest BCUT2D eigenvalue weighted by Gasteiger charge is 2.26. The molecule has 27 heavy (non-hydrogen) atoms. The Bertz CT molecular complexity index is 851. The normalized spacial score (nSPS) is 14.9. The minimum Gasteiger partial charge on any atom is -0.327 e. The third kappa shape index (κ3) is 4.84. The van der Waals surface area contributed by atoms with Crippen molar-refractivity contribution in [2.45, 2.75) is 6.92 Å². The van der Waals surface area contributed by atoms with Gasteiger partial charge >= 0.3 is 0 Å². The van der Waals surface area contributed by atoms with Crippen LogP contribution in [0.5, 0.6) is 0 Å². The Morgan fingerprint density at radius 1 is 1.19 bits per heavy atom. The van der Waals surface area contributed by atoms with Crippen LogP contribution in [0, 0.1) is 12.7 Å². The number of benzene rings is 2. The van der Waals surface area contributed by atoms with Gasteiger partial charge in [0.2, 0.25) is 0 Å². The van der Waals surface area contributed by atoms with Crippen LogP contribution in [0.4, 0.5) is 10.1 Å². The number of nitrogens with one attached hydrogen (secondary N) is 2. The molecule has 1 aliphatic rings. The molecule has 0 saturated carbocycles. The molecular formula is C20H22ClFN3O2+. The number of nitrogens with zero attached hydrogens (tertiary/aromatic N) is 1. The molecule has 0 aliphatic carbocycles. The molecule has 0 spiro atoms. The van der Waals surface area contributed by atoms with Crippen LogP contribution in [0.1, 0.15) is 15.9 Å². The average Bonchev–Trinajstić information content (AvgIpc) is 2.66. The van der Waals surface area contributed by atoms with Crippen LogP contribution >= 0.6 is 11.6 Å². The van der Waals surface area contributed by atoms with E-state index in [0.717, 1.165) is 4.90 Å². The van der Waals surface area contributed by atoms with Gasteiger partial charge in [-0.2, -0.15) is 0 Å². The van der Waals surface area contributed by atoms with Crippen LogP contribution in [0.3, 0.4) is 0 Å². The number of halogens is 2. The van der Waals surface area contributed by atoms with E-state index in [-0.39, 0.29) is 17.6 Å². The van der Waals surface area contributed by atoms with E-state index in [1.165, 1.54) is 6.07 Å². The first-order valence-corrected chi connectivity index (χ1v) is 9.25. The summed E-state index contributed by atoms with van der Waals surface area (Å²) in [6.07, 6.45) is 0. The number of carbonyl (C=O) groups excluding carboxylic acids is 2. The summed E-state index contributed by atoms with van der Waals surface area (Å²) in [5.74, 6) is -0.659. The predicted molar refractivity (Wildman–Crippen MR) is 103 cm³/mol. The topological polar surface area (TPSA) is 53.9 Å². The minimum atomic E-state index is -0.374. The van der Waals surface area contributed by atoms with Crippen molar-refractivity contribution in [1.29, 1.82) is 0 Å². The number of quaternary nitrogens is 1. The van der Waals surface area contributed by atoms with Gasteiger partial charge in [-0.1, -0.05) is 29.8 Å². The summed E-state index contributed by atoms with van der Waals surface area (Å²) >= 11 is 6.05. The van der Waals surface area contributed by atoms with Crippen molar-refractivity contribution in [3.8, 4) is 0 Å². The van der Waals surface area contributed by atoms with Crippen LogP contribution in [-0.2, 0) is 4.79 Å². The third-order valence-electron chi connectivity index (χ3n) is 4.74. The zero-order valence-corrected chi connectivity index (χ0v) is 15.9. The second-order valence-corrected chi connectivity index (χ2v) is 7.12. The van der Waals surface area contributed by atoms with Crippen molar-refractivity contribution in [1.82, 2.24) is 4.90 Å². The maximum absolute atomic E-state index is 13.7. The molecule has 1 heterocycles. The molecule has 0 radical (unpaired) electrons. The van der Waals surface area contributed by atoms with E-state index < -0.39 is 0 Å². The van der Waals surface area contributed by atoms with E-state index in [1.54, 1.807) is 42.2 Å². The van der Waals surface area contributed by atoms with Crippen LogP contribution in [0.15, 0.2) is 42.5 Å². The number of rotatable bonds is 4. The second-order valence-electron chi connectivity index (χ2n) is 6.71. The van der Waals surface area contributed by atoms with Crippen molar-refractivity contribution in [3.63, 3.8) is 0 Å². The number of para-hydroxylation sites is 1. The summed E-state index contributed by atoms with van der Waals surface area (Å²) in [4.78, 5) is 27.6. The number of piperazine rings is 1. The van der Waals surface area contributed by atoms with Crippen molar-refractivity contribution >= 4 is 29.1 Å². The van der Waals surface area contributed by atoms with E-state index in [0.29, 0.717) is 54.6 Å². The van der Waals surface area contributed by atoms with Gasteiger partial charge in [0.1, 0.15) is 5.82 Å². The zero-order valence-electron chi connectivity index (χ0n) is 15.1. The molecule has 5 nitrogen and oxygen atoms in total. The smallest absolute Gasteiger partial charge is 0.279 e. The summed E-state index contributed by atoms with van der Waals surface area (Å²) < 4.78 is 13.7. The Hall–Kier alpha value is -2.44. The molecule has 2 amide bonds. The first-order valence-electron chi connectivity index (χ1n) is 8.87. The molecule has 0 bridgehead atoms. The molecule has 0 aromatic heterocycles.